The maximum Gasteiger partial charge on any atom is 0.322 e. The quantitative estimate of drug-likeness (QED) is 0.681. The van der Waals surface area contributed by atoms with Crippen LogP contribution in [-0.2, 0) is 16.0 Å². The van der Waals surface area contributed by atoms with Crippen LogP contribution in [0.5, 0.6) is 0 Å². The number of methoxy groups -OCH3 is 1. The molecule has 0 aliphatic carbocycles. The van der Waals surface area contributed by atoms with Crippen LogP contribution in [-0.4, -0.2) is 29.1 Å². The van der Waals surface area contributed by atoms with Crippen LogP contribution < -0.4 is 11.1 Å². The number of ether oxygens (including phenoxy) is 1. The molecule has 3 rings (SSSR count). The fraction of sp³-hybridized carbons (Fsp3) is 0.158. The molecule has 1 atom stereocenters. The maximum absolute atomic E-state index is 11.4. The number of anilines is 2. The van der Waals surface area contributed by atoms with Crippen molar-refractivity contribution in [3.63, 3.8) is 0 Å². The van der Waals surface area contributed by atoms with Gasteiger partial charge in [-0.3, -0.25) is 9.78 Å². The summed E-state index contributed by atoms with van der Waals surface area (Å²) < 4.78 is 4.63. The molecule has 7 heteroatoms. The Labute approximate surface area is 150 Å². The lowest BCUT2D eigenvalue weighted by molar-refractivity contribution is -0.142. The summed E-state index contributed by atoms with van der Waals surface area (Å²) in [7, 11) is 1.31. The summed E-state index contributed by atoms with van der Waals surface area (Å²) in [5.41, 5.74) is 8.64. The van der Waals surface area contributed by atoms with Gasteiger partial charge in [0.15, 0.2) is 0 Å². The summed E-state index contributed by atoms with van der Waals surface area (Å²) in [5.74, 6) is 0.0333. The van der Waals surface area contributed by atoms with Gasteiger partial charge >= 0.3 is 5.97 Å². The topological polar surface area (TPSA) is 114 Å². The number of nitrogens with zero attached hydrogens (tertiary/aromatic N) is 3. The normalized spacial score (nSPS) is 11.6. The zero-order chi connectivity index (χ0) is 18.5. The maximum atomic E-state index is 11.4. The van der Waals surface area contributed by atoms with Crippen molar-refractivity contribution in [2.45, 2.75) is 12.5 Å². The molecule has 2 heterocycles. The lowest BCUT2D eigenvalue weighted by Gasteiger charge is -2.11. The number of hydrogen-bond acceptors (Lipinski definition) is 7. The molecule has 3 N–H and O–H groups in total. The highest BCUT2D eigenvalue weighted by molar-refractivity contribution is 5.83. The van der Waals surface area contributed by atoms with Gasteiger partial charge in [0.05, 0.1) is 18.2 Å². The molecule has 0 radical (unpaired) electrons. The summed E-state index contributed by atoms with van der Waals surface area (Å²) >= 11 is 0. The first-order chi connectivity index (χ1) is 12.6. The lowest BCUT2D eigenvalue weighted by atomic mass is 10.1. The second kappa shape index (κ2) is 7.59. The molecule has 1 unspecified atom stereocenters. The van der Waals surface area contributed by atoms with E-state index in [1.165, 1.54) is 7.11 Å². The van der Waals surface area contributed by atoms with E-state index in [1.54, 1.807) is 24.5 Å². The van der Waals surface area contributed by atoms with Crippen LogP contribution in [0.4, 0.5) is 11.5 Å². The largest absolute Gasteiger partial charge is 0.468 e. The summed E-state index contributed by atoms with van der Waals surface area (Å²) in [4.78, 5) is 19.9. The van der Waals surface area contributed by atoms with Gasteiger partial charge in [0.25, 0.3) is 0 Å². The lowest BCUT2D eigenvalue weighted by Crippen LogP contribution is -2.33. The smallest absolute Gasteiger partial charge is 0.322 e. The number of pyridine rings is 2. The Hall–Kier alpha value is -3.50. The molecule has 3 aromatic rings. The van der Waals surface area contributed by atoms with E-state index in [0.29, 0.717) is 17.8 Å². The zero-order valence-corrected chi connectivity index (χ0v) is 14.1. The van der Waals surface area contributed by atoms with Crippen LogP contribution in [0.25, 0.3) is 10.9 Å². The molecule has 0 aliphatic rings. The van der Waals surface area contributed by atoms with Crippen LogP contribution in [0, 0.1) is 11.3 Å². The first-order valence-electron chi connectivity index (χ1n) is 7.95. The molecule has 7 nitrogen and oxygen atoms in total. The van der Waals surface area contributed by atoms with E-state index in [1.807, 2.05) is 24.3 Å². The minimum Gasteiger partial charge on any atom is -0.468 e. The first-order valence-corrected chi connectivity index (χ1v) is 7.95. The number of nitrogens with two attached hydrogens (primary N) is 1. The molecule has 0 bridgehead atoms. The average Bonchev–Trinajstić information content (AvgIpc) is 2.68. The van der Waals surface area contributed by atoms with Gasteiger partial charge in [-0.25, -0.2) is 4.98 Å². The zero-order valence-electron chi connectivity index (χ0n) is 14.1. The number of nitriles is 1. The molecule has 0 amide bonds. The Morgan fingerprint density at radius 1 is 1.35 bits per heavy atom. The van der Waals surface area contributed by atoms with E-state index in [4.69, 9.17) is 5.73 Å². The molecule has 1 aromatic carbocycles. The van der Waals surface area contributed by atoms with Crippen molar-refractivity contribution in [1.29, 1.82) is 5.26 Å². The molecule has 2 aromatic heterocycles. The Balaban J connectivity index is 1.80. The van der Waals surface area contributed by atoms with Crippen molar-refractivity contribution in [3.05, 3.63) is 59.9 Å². The van der Waals surface area contributed by atoms with E-state index in [2.05, 4.69) is 26.1 Å². The van der Waals surface area contributed by atoms with Gasteiger partial charge < -0.3 is 15.8 Å². The van der Waals surface area contributed by atoms with Gasteiger partial charge in [-0.1, -0.05) is 12.1 Å². The number of carbonyl (C=O) groups excluding carboxylic acids is 1. The Kier molecular flexibility index (Phi) is 5.06. The van der Waals surface area contributed by atoms with Gasteiger partial charge in [-0.05, 0) is 36.2 Å². The Morgan fingerprint density at radius 3 is 2.81 bits per heavy atom. The first kappa shape index (κ1) is 17.3. The molecule has 0 fully saturated rings. The average molecular weight is 347 g/mol. The number of fused-ring (bicyclic) bond motifs is 1. The highest BCUT2D eigenvalue weighted by Crippen LogP contribution is 2.23. The molecule has 0 saturated carbocycles. The fourth-order valence-corrected chi connectivity index (χ4v) is 2.55. The predicted octanol–water partition coefficient (Wildman–Crippen LogP) is 2.29. The summed E-state index contributed by atoms with van der Waals surface area (Å²) in [6.07, 6.45) is 3.72. The van der Waals surface area contributed by atoms with E-state index in [9.17, 15) is 10.1 Å². The minimum atomic E-state index is -0.695. The number of rotatable bonds is 5. The minimum absolute atomic E-state index is 0.387. The van der Waals surface area contributed by atoms with Crippen molar-refractivity contribution in [3.8, 4) is 6.07 Å². The Bertz CT molecular complexity index is 979. The van der Waals surface area contributed by atoms with Crippen LogP contribution >= 0.6 is 0 Å². The van der Waals surface area contributed by atoms with Crippen molar-refractivity contribution in [2.75, 3.05) is 12.4 Å². The fourth-order valence-electron chi connectivity index (χ4n) is 2.55. The van der Waals surface area contributed by atoms with Crippen molar-refractivity contribution >= 4 is 28.4 Å². The summed E-state index contributed by atoms with van der Waals surface area (Å²) in [5, 5.41) is 13.3. The van der Waals surface area contributed by atoms with Crippen LogP contribution in [0.2, 0.25) is 0 Å². The van der Waals surface area contributed by atoms with E-state index >= 15 is 0 Å². The summed E-state index contributed by atoms with van der Waals surface area (Å²) in [6.45, 7) is 0. The number of esters is 1. The van der Waals surface area contributed by atoms with Crippen molar-refractivity contribution in [1.82, 2.24) is 9.97 Å². The number of aromatic nitrogens is 2. The van der Waals surface area contributed by atoms with Gasteiger partial charge in [0.1, 0.15) is 17.9 Å². The van der Waals surface area contributed by atoms with Crippen LogP contribution in [0.1, 0.15) is 11.1 Å². The van der Waals surface area contributed by atoms with E-state index in [0.717, 1.165) is 22.2 Å². The van der Waals surface area contributed by atoms with Gasteiger partial charge in [0.2, 0.25) is 0 Å². The van der Waals surface area contributed by atoms with Gasteiger partial charge in [-0.2, -0.15) is 5.26 Å². The third-order valence-electron chi connectivity index (χ3n) is 3.91. The van der Waals surface area contributed by atoms with Crippen molar-refractivity contribution in [2.24, 2.45) is 5.73 Å². The summed E-state index contributed by atoms with van der Waals surface area (Å²) in [6, 6.07) is 12.4. The number of carbonyl (C=O) groups is 1. The van der Waals surface area contributed by atoms with Crippen molar-refractivity contribution < 1.29 is 9.53 Å². The number of hydrogen-bond donors (Lipinski definition) is 2. The predicted molar refractivity (Wildman–Crippen MR) is 97.7 cm³/mol. The van der Waals surface area contributed by atoms with Gasteiger partial charge in [0, 0.05) is 23.5 Å². The second-order valence-electron chi connectivity index (χ2n) is 5.72. The third kappa shape index (κ3) is 3.77. The second-order valence-corrected chi connectivity index (χ2v) is 5.72. The highest BCUT2D eigenvalue weighted by Gasteiger charge is 2.14. The molecule has 26 heavy (non-hydrogen) atoms. The molecule has 0 saturated heterocycles. The Morgan fingerprint density at radius 2 is 2.12 bits per heavy atom. The standard InChI is InChI=1S/C19H17N5O2/c1-26-19(25)16(21)8-12-2-4-15(5-3-12)23-18-13(10-20)9-14-11-22-7-6-17(14)24-18/h2-7,9,11,16H,8,21H2,1H3,(H,23,24). The molecule has 130 valence electrons. The third-order valence-corrected chi connectivity index (χ3v) is 3.91. The SMILES string of the molecule is COC(=O)C(N)Cc1ccc(Nc2nc3ccncc3cc2C#N)cc1. The number of benzene rings is 1. The number of nitrogens with one attached hydrogen (secondary N) is 1. The van der Waals surface area contributed by atoms with E-state index in [-0.39, 0.29) is 0 Å². The molecular formula is C19H17N5O2. The molecule has 0 spiro atoms. The van der Waals surface area contributed by atoms with Crippen LogP contribution in [0.3, 0.4) is 0 Å². The highest BCUT2D eigenvalue weighted by atomic mass is 16.5. The van der Waals surface area contributed by atoms with Gasteiger partial charge in [-0.15, -0.1) is 0 Å². The monoisotopic (exact) mass is 347 g/mol. The van der Waals surface area contributed by atoms with E-state index < -0.39 is 12.0 Å². The van der Waals surface area contributed by atoms with Crippen LogP contribution in [0.15, 0.2) is 48.8 Å². The molecular weight excluding hydrogens is 330 g/mol. The molecule has 0 aliphatic heterocycles.